The van der Waals surface area contributed by atoms with Gasteiger partial charge in [-0.15, -0.1) is 10.2 Å². The van der Waals surface area contributed by atoms with Gasteiger partial charge in [0.25, 0.3) is 5.82 Å². The molecule has 0 bridgehead atoms. The smallest absolute Gasteiger partial charge is 0.335 e. The van der Waals surface area contributed by atoms with Crippen LogP contribution < -0.4 is 5.84 Å². The summed E-state index contributed by atoms with van der Waals surface area (Å²) in [7, 11) is 0. The Kier molecular flexibility index (Phi) is 3.85. The number of nitrogens with zero attached hydrogens (tertiary/aromatic N) is 4. The molecule has 0 aliphatic heterocycles. The van der Waals surface area contributed by atoms with Gasteiger partial charge in [-0.1, -0.05) is 29.4 Å². The first kappa shape index (κ1) is 13.9. The average Bonchev–Trinajstić information content (AvgIpc) is 2.70. The minimum atomic E-state index is -4.62. The number of aromatic nitrogens is 4. The molecular formula is C9H7ClF3N5S. The zero-order valence-electron chi connectivity index (χ0n) is 9.23. The van der Waals surface area contributed by atoms with E-state index in [1.54, 1.807) is 12.1 Å². The van der Waals surface area contributed by atoms with Crippen molar-refractivity contribution >= 4 is 23.4 Å². The van der Waals surface area contributed by atoms with Gasteiger partial charge in [-0.3, -0.25) is 0 Å². The second kappa shape index (κ2) is 5.25. The maximum atomic E-state index is 12.4. The summed E-state index contributed by atoms with van der Waals surface area (Å²) in [5.41, 5.74) is 0.783. The minimum absolute atomic E-state index is 0.0257. The number of halogens is 4. The lowest BCUT2D eigenvalue weighted by atomic mass is 10.3. The van der Waals surface area contributed by atoms with Crippen molar-refractivity contribution in [3.8, 4) is 0 Å². The summed E-state index contributed by atoms with van der Waals surface area (Å²) >= 11 is 6.64. The predicted octanol–water partition coefficient (Wildman–Crippen LogP) is 2.35. The fourth-order valence-electron chi connectivity index (χ4n) is 1.21. The number of thioether (sulfide) groups is 1. The van der Waals surface area contributed by atoms with Crippen LogP contribution in [0.1, 0.15) is 11.4 Å². The van der Waals surface area contributed by atoms with Crippen LogP contribution in [0.5, 0.6) is 0 Å². The molecule has 0 aliphatic carbocycles. The van der Waals surface area contributed by atoms with Crippen molar-refractivity contribution in [2.24, 2.45) is 0 Å². The third-order valence-electron chi connectivity index (χ3n) is 2.07. The number of alkyl halides is 3. The van der Waals surface area contributed by atoms with Gasteiger partial charge in [0.15, 0.2) is 0 Å². The number of pyridine rings is 1. The molecule has 5 nitrogen and oxygen atoms in total. The van der Waals surface area contributed by atoms with Crippen LogP contribution in [0.4, 0.5) is 13.2 Å². The van der Waals surface area contributed by atoms with Crippen LogP contribution in [0.2, 0.25) is 5.15 Å². The van der Waals surface area contributed by atoms with Crippen molar-refractivity contribution in [2.75, 3.05) is 5.84 Å². The van der Waals surface area contributed by atoms with E-state index in [4.69, 9.17) is 17.4 Å². The monoisotopic (exact) mass is 309 g/mol. The van der Waals surface area contributed by atoms with Crippen molar-refractivity contribution < 1.29 is 13.2 Å². The first-order chi connectivity index (χ1) is 8.88. The lowest BCUT2D eigenvalue weighted by molar-refractivity contribution is -0.146. The molecule has 2 N–H and O–H groups in total. The zero-order valence-corrected chi connectivity index (χ0v) is 10.8. The van der Waals surface area contributed by atoms with E-state index < -0.39 is 12.0 Å². The van der Waals surface area contributed by atoms with Crippen LogP contribution in [0.3, 0.4) is 0 Å². The van der Waals surface area contributed by atoms with Crippen molar-refractivity contribution in [3.05, 3.63) is 34.9 Å². The van der Waals surface area contributed by atoms with Gasteiger partial charge >= 0.3 is 6.18 Å². The molecule has 2 aromatic rings. The molecule has 2 heterocycles. The van der Waals surface area contributed by atoms with Crippen LogP contribution in [-0.4, -0.2) is 19.9 Å². The molecule has 0 unspecified atom stereocenters. The molecule has 19 heavy (non-hydrogen) atoms. The van der Waals surface area contributed by atoms with E-state index in [1.165, 1.54) is 6.20 Å². The summed E-state index contributed by atoms with van der Waals surface area (Å²) < 4.78 is 37.7. The van der Waals surface area contributed by atoms with E-state index in [-0.39, 0.29) is 5.16 Å². The molecule has 0 saturated heterocycles. The van der Waals surface area contributed by atoms with Gasteiger partial charge in [-0.25, -0.2) is 9.66 Å². The van der Waals surface area contributed by atoms with Gasteiger partial charge in [-0.05, 0) is 11.6 Å². The molecule has 0 atom stereocenters. The summed E-state index contributed by atoms with van der Waals surface area (Å²) in [6, 6.07) is 3.30. The van der Waals surface area contributed by atoms with Crippen molar-refractivity contribution in [3.63, 3.8) is 0 Å². The number of nitrogens with two attached hydrogens (primary N) is 1. The molecule has 0 radical (unpaired) electrons. The lowest BCUT2D eigenvalue weighted by Crippen LogP contribution is -2.21. The first-order valence-electron chi connectivity index (χ1n) is 4.89. The molecular weight excluding hydrogens is 303 g/mol. The molecule has 2 aromatic heterocycles. The predicted molar refractivity (Wildman–Crippen MR) is 64.0 cm³/mol. The van der Waals surface area contributed by atoms with Crippen molar-refractivity contribution in [1.82, 2.24) is 19.9 Å². The highest BCUT2D eigenvalue weighted by molar-refractivity contribution is 7.98. The third kappa shape index (κ3) is 3.29. The Morgan fingerprint density at radius 3 is 2.58 bits per heavy atom. The molecule has 0 spiro atoms. The standard InChI is InChI=1S/C9H7ClF3N5S/c10-6-2-1-5(3-15-6)4-19-8-17-16-7(18(8)14)9(11,12)13/h1-3H,4,14H2. The van der Waals surface area contributed by atoms with Crippen LogP contribution >= 0.6 is 23.4 Å². The Labute approximate surface area is 114 Å². The largest absolute Gasteiger partial charge is 0.453 e. The summed E-state index contributed by atoms with van der Waals surface area (Å²) in [6.45, 7) is 0. The first-order valence-corrected chi connectivity index (χ1v) is 6.25. The molecule has 2 rings (SSSR count). The number of hydrogen-bond acceptors (Lipinski definition) is 5. The van der Waals surface area contributed by atoms with Crippen molar-refractivity contribution in [2.45, 2.75) is 17.1 Å². The second-order valence-corrected chi connectivity index (χ2v) is 4.78. The van der Waals surface area contributed by atoms with Crippen LogP contribution in [0, 0.1) is 0 Å². The maximum absolute atomic E-state index is 12.4. The Morgan fingerprint density at radius 2 is 2.05 bits per heavy atom. The van der Waals surface area contributed by atoms with Crippen LogP contribution in [0.25, 0.3) is 0 Å². The number of rotatable bonds is 3. The summed E-state index contributed by atoms with van der Waals surface area (Å²) in [4.78, 5) is 3.86. The Bertz CT molecular complexity index is 568. The quantitative estimate of drug-likeness (QED) is 0.535. The van der Waals surface area contributed by atoms with Crippen LogP contribution in [0.15, 0.2) is 23.5 Å². The van der Waals surface area contributed by atoms with Gasteiger partial charge in [0.2, 0.25) is 5.16 Å². The number of nitrogen functional groups attached to an aromatic ring is 1. The Hall–Kier alpha value is -1.48. The zero-order chi connectivity index (χ0) is 14.0. The summed E-state index contributed by atoms with van der Waals surface area (Å²) in [5.74, 6) is 4.42. The van der Waals surface area contributed by atoms with Gasteiger partial charge < -0.3 is 5.84 Å². The van der Waals surface area contributed by atoms with Crippen LogP contribution in [-0.2, 0) is 11.9 Å². The second-order valence-electron chi connectivity index (χ2n) is 3.45. The van der Waals surface area contributed by atoms with E-state index in [2.05, 4.69) is 15.2 Å². The minimum Gasteiger partial charge on any atom is -0.335 e. The molecule has 0 amide bonds. The topological polar surface area (TPSA) is 69.6 Å². The van der Waals surface area contributed by atoms with E-state index >= 15 is 0 Å². The fraction of sp³-hybridized carbons (Fsp3) is 0.222. The SMILES string of the molecule is Nn1c(SCc2ccc(Cl)nc2)nnc1C(F)(F)F. The highest BCUT2D eigenvalue weighted by Crippen LogP contribution is 2.29. The molecule has 102 valence electrons. The molecule has 0 fully saturated rings. The van der Waals surface area contributed by atoms with Gasteiger partial charge in [0.05, 0.1) is 0 Å². The highest BCUT2D eigenvalue weighted by Gasteiger charge is 2.38. The molecule has 0 aliphatic rings. The molecule has 0 aromatic carbocycles. The molecule has 0 saturated carbocycles. The van der Waals surface area contributed by atoms with E-state index in [0.717, 1.165) is 17.3 Å². The highest BCUT2D eigenvalue weighted by atomic mass is 35.5. The van der Waals surface area contributed by atoms with E-state index in [0.29, 0.717) is 15.6 Å². The summed E-state index contributed by atoms with van der Waals surface area (Å²) in [5, 5.41) is 6.74. The Morgan fingerprint density at radius 1 is 1.32 bits per heavy atom. The van der Waals surface area contributed by atoms with Gasteiger partial charge in [-0.2, -0.15) is 13.2 Å². The normalized spacial score (nSPS) is 11.8. The van der Waals surface area contributed by atoms with Gasteiger partial charge in [0.1, 0.15) is 5.15 Å². The third-order valence-corrected chi connectivity index (χ3v) is 3.31. The van der Waals surface area contributed by atoms with Crippen molar-refractivity contribution in [1.29, 1.82) is 0 Å². The Balaban J connectivity index is 2.08. The maximum Gasteiger partial charge on any atom is 0.453 e. The average molecular weight is 310 g/mol. The fourth-order valence-corrected chi connectivity index (χ4v) is 2.11. The van der Waals surface area contributed by atoms with Gasteiger partial charge in [0, 0.05) is 11.9 Å². The van der Waals surface area contributed by atoms with E-state index in [9.17, 15) is 13.2 Å². The lowest BCUT2D eigenvalue weighted by Gasteiger charge is -2.05. The van der Waals surface area contributed by atoms with E-state index in [1.807, 2.05) is 0 Å². The molecule has 10 heteroatoms. The number of hydrogen-bond donors (Lipinski definition) is 1. The summed E-state index contributed by atoms with van der Waals surface area (Å²) in [6.07, 6.45) is -3.10.